The quantitative estimate of drug-likeness (QED) is 0.797. The van der Waals surface area contributed by atoms with Crippen LogP contribution in [0, 0.1) is 0 Å². The Morgan fingerprint density at radius 3 is 2.81 bits per heavy atom. The third-order valence-electron chi connectivity index (χ3n) is 4.54. The summed E-state index contributed by atoms with van der Waals surface area (Å²) in [6.07, 6.45) is 5.53. The normalized spacial score (nSPS) is 25.1. The van der Waals surface area contributed by atoms with E-state index in [4.69, 9.17) is 9.26 Å². The molecule has 1 aliphatic carbocycles. The first-order chi connectivity index (χ1) is 10.1. The molecule has 0 saturated heterocycles. The third kappa shape index (κ3) is 3.64. The van der Waals surface area contributed by atoms with Crippen molar-refractivity contribution in [2.24, 2.45) is 0 Å². The predicted octanol–water partition coefficient (Wildman–Crippen LogP) is 3.37. The summed E-state index contributed by atoms with van der Waals surface area (Å²) in [7, 11) is 0. The van der Waals surface area contributed by atoms with Crippen LogP contribution < -0.4 is 5.32 Å². The van der Waals surface area contributed by atoms with Gasteiger partial charge >= 0.3 is 0 Å². The Hall–Kier alpha value is -0.940. The molecule has 0 aromatic carbocycles. The molecule has 120 valence electrons. The van der Waals surface area contributed by atoms with Crippen molar-refractivity contribution in [1.82, 2.24) is 15.5 Å². The average molecular weight is 295 g/mol. The first-order valence-corrected chi connectivity index (χ1v) is 8.36. The van der Waals surface area contributed by atoms with Crippen LogP contribution in [0.3, 0.4) is 0 Å². The van der Waals surface area contributed by atoms with E-state index in [0.29, 0.717) is 24.4 Å². The van der Waals surface area contributed by atoms with E-state index < -0.39 is 5.60 Å². The Bertz CT molecular complexity index is 435. The number of nitrogens with one attached hydrogen (secondary N) is 1. The molecule has 1 N–H and O–H groups in total. The molecule has 1 aromatic rings. The molecule has 3 unspecified atom stereocenters. The van der Waals surface area contributed by atoms with Crippen molar-refractivity contribution in [2.45, 2.75) is 77.4 Å². The fraction of sp³-hybridized carbons (Fsp3) is 0.875. The van der Waals surface area contributed by atoms with Gasteiger partial charge in [-0.1, -0.05) is 25.4 Å². The van der Waals surface area contributed by atoms with Gasteiger partial charge in [0.25, 0.3) is 0 Å². The molecule has 1 saturated carbocycles. The Morgan fingerprint density at radius 1 is 1.33 bits per heavy atom. The summed E-state index contributed by atoms with van der Waals surface area (Å²) in [4.78, 5) is 4.67. The molecule has 0 spiro atoms. The minimum atomic E-state index is -0.443. The standard InChI is InChI=1S/C16H29N3O2/c1-5-11-17-13-10-8-9-12(13)14-18-15(19-21-14)16(4,6-2)20-7-3/h12-13,17H,5-11H2,1-4H3. The summed E-state index contributed by atoms with van der Waals surface area (Å²) in [6.45, 7) is 10.0. The molecule has 1 fully saturated rings. The van der Waals surface area contributed by atoms with Crippen molar-refractivity contribution >= 4 is 0 Å². The van der Waals surface area contributed by atoms with Gasteiger partial charge < -0.3 is 14.6 Å². The predicted molar refractivity (Wildman–Crippen MR) is 82.2 cm³/mol. The molecule has 0 radical (unpaired) electrons. The highest BCUT2D eigenvalue weighted by Crippen LogP contribution is 2.35. The highest BCUT2D eigenvalue weighted by Gasteiger charge is 2.36. The lowest BCUT2D eigenvalue weighted by atomic mass is 10.0. The van der Waals surface area contributed by atoms with Gasteiger partial charge in [0.1, 0.15) is 5.60 Å². The Kier molecular flexibility index (Phi) is 5.76. The summed E-state index contributed by atoms with van der Waals surface area (Å²) >= 11 is 0. The van der Waals surface area contributed by atoms with E-state index in [1.807, 2.05) is 13.8 Å². The Morgan fingerprint density at radius 2 is 2.14 bits per heavy atom. The van der Waals surface area contributed by atoms with E-state index in [9.17, 15) is 0 Å². The lowest BCUT2D eigenvalue weighted by molar-refractivity contribution is -0.0403. The number of aromatic nitrogens is 2. The Labute approximate surface area is 127 Å². The lowest BCUT2D eigenvalue weighted by Gasteiger charge is -2.24. The molecule has 3 atom stereocenters. The second kappa shape index (κ2) is 7.36. The van der Waals surface area contributed by atoms with E-state index in [-0.39, 0.29) is 0 Å². The van der Waals surface area contributed by atoms with Gasteiger partial charge in [0.15, 0.2) is 0 Å². The summed E-state index contributed by atoms with van der Waals surface area (Å²) in [5.74, 6) is 1.80. The molecule has 21 heavy (non-hydrogen) atoms. The zero-order valence-electron chi connectivity index (χ0n) is 13.8. The number of nitrogens with zero attached hydrogens (tertiary/aromatic N) is 2. The minimum absolute atomic E-state index is 0.348. The first kappa shape index (κ1) is 16.4. The summed E-state index contributed by atoms with van der Waals surface area (Å²) in [6, 6.07) is 0.471. The van der Waals surface area contributed by atoms with Crippen LogP contribution in [0.15, 0.2) is 4.52 Å². The molecule has 5 nitrogen and oxygen atoms in total. The van der Waals surface area contributed by atoms with Crippen LogP contribution in [0.5, 0.6) is 0 Å². The SMILES string of the molecule is CCCNC1CCCC1c1nc(C(C)(CC)OCC)no1. The minimum Gasteiger partial charge on any atom is -0.367 e. The zero-order chi connectivity index (χ0) is 15.3. The second-order valence-corrected chi connectivity index (χ2v) is 6.07. The van der Waals surface area contributed by atoms with Crippen molar-refractivity contribution in [3.8, 4) is 0 Å². The molecule has 0 bridgehead atoms. The van der Waals surface area contributed by atoms with Crippen molar-refractivity contribution in [3.05, 3.63) is 11.7 Å². The lowest BCUT2D eigenvalue weighted by Crippen LogP contribution is -2.32. The van der Waals surface area contributed by atoms with Crippen LogP contribution in [-0.4, -0.2) is 29.3 Å². The van der Waals surface area contributed by atoms with Gasteiger partial charge in [0, 0.05) is 12.6 Å². The molecule has 1 aromatic heterocycles. The van der Waals surface area contributed by atoms with E-state index >= 15 is 0 Å². The number of hydrogen-bond acceptors (Lipinski definition) is 5. The largest absolute Gasteiger partial charge is 0.367 e. The van der Waals surface area contributed by atoms with Gasteiger partial charge in [-0.2, -0.15) is 4.98 Å². The maximum atomic E-state index is 5.83. The first-order valence-electron chi connectivity index (χ1n) is 8.36. The van der Waals surface area contributed by atoms with Crippen LogP contribution in [0.2, 0.25) is 0 Å². The van der Waals surface area contributed by atoms with Gasteiger partial charge in [-0.05, 0) is 46.1 Å². The van der Waals surface area contributed by atoms with Crippen LogP contribution in [0.1, 0.15) is 77.4 Å². The summed E-state index contributed by atoms with van der Waals surface area (Å²) in [5.41, 5.74) is -0.443. The van der Waals surface area contributed by atoms with E-state index in [0.717, 1.165) is 31.7 Å². The fourth-order valence-electron chi connectivity index (χ4n) is 3.07. The molecular weight excluding hydrogens is 266 g/mol. The smallest absolute Gasteiger partial charge is 0.231 e. The maximum absolute atomic E-state index is 5.83. The number of ether oxygens (including phenoxy) is 1. The van der Waals surface area contributed by atoms with Gasteiger partial charge in [0.2, 0.25) is 11.7 Å². The molecule has 1 heterocycles. The van der Waals surface area contributed by atoms with E-state index in [1.54, 1.807) is 0 Å². The van der Waals surface area contributed by atoms with Crippen LogP contribution in [-0.2, 0) is 10.3 Å². The highest BCUT2D eigenvalue weighted by molar-refractivity contribution is 5.06. The molecule has 5 heteroatoms. The molecule has 0 aliphatic heterocycles. The summed E-state index contributed by atoms with van der Waals surface area (Å²) < 4.78 is 11.4. The molecule has 0 amide bonds. The van der Waals surface area contributed by atoms with E-state index in [1.165, 1.54) is 12.8 Å². The summed E-state index contributed by atoms with van der Waals surface area (Å²) in [5, 5.41) is 7.81. The molecule has 1 aliphatic rings. The molecule has 2 rings (SSSR count). The molecular formula is C16H29N3O2. The number of rotatable bonds is 8. The average Bonchev–Trinajstić information content (AvgIpc) is 3.13. The fourth-order valence-corrected chi connectivity index (χ4v) is 3.07. The Balaban J connectivity index is 2.11. The highest BCUT2D eigenvalue weighted by atomic mass is 16.5. The van der Waals surface area contributed by atoms with Crippen molar-refractivity contribution in [3.63, 3.8) is 0 Å². The maximum Gasteiger partial charge on any atom is 0.231 e. The van der Waals surface area contributed by atoms with Gasteiger partial charge in [-0.15, -0.1) is 0 Å². The van der Waals surface area contributed by atoms with Crippen molar-refractivity contribution < 1.29 is 9.26 Å². The van der Waals surface area contributed by atoms with Gasteiger partial charge in [0.05, 0.1) is 5.92 Å². The topological polar surface area (TPSA) is 60.2 Å². The van der Waals surface area contributed by atoms with Crippen LogP contribution in [0.25, 0.3) is 0 Å². The second-order valence-electron chi connectivity index (χ2n) is 6.07. The number of hydrogen-bond donors (Lipinski definition) is 1. The van der Waals surface area contributed by atoms with Gasteiger partial charge in [-0.25, -0.2) is 0 Å². The van der Waals surface area contributed by atoms with Crippen molar-refractivity contribution in [2.75, 3.05) is 13.2 Å². The van der Waals surface area contributed by atoms with Gasteiger partial charge in [-0.3, -0.25) is 0 Å². The van der Waals surface area contributed by atoms with Crippen LogP contribution in [0.4, 0.5) is 0 Å². The van der Waals surface area contributed by atoms with E-state index in [2.05, 4.69) is 29.3 Å². The van der Waals surface area contributed by atoms with Crippen LogP contribution >= 0.6 is 0 Å². The third-order valence-corrected chi connectivity index (χ3v) is 4.54. The van der Waals surface area contributed by atoms with Crippen molar-refractivity contribution in [1.29, 1.82) is 0 Å². The zero-order valence-corrected chi connectivity index (χ0v) is 13.8. The monoisotopic (exact) mass is 295 g/mol.